The Morgan fingerprint density at radius 2 is 1.78 bits per heavy atom. The Bertz CT molecular complexity index is 720. The molecule has 180 valence electrons. The zero-order valence-electron chi connectivity index (χ0n) is 20.9. The highest BCUT2D eigenvalue weighted by molar-refractivity contribution is 5.39. The average Bonchev–Trinajstić information content (AvgIpc) is 3.43. The molecule has 0 radical (unpaired) electrons. The van der Waals surface area contributed by atoms with Gasteiger partial charge in [0, 0.05) is 19.1 Å². The van der Waals surface area contributed by atoms with Crippen molar-refractivity contribution in [2.75, 3.05) is 26.4 Å². The molecule has 0 aromatic carbocycles. The monoisotopic (exact) mass is 442 g/mol. The Labute approximate surface area is 196 Å². The molecule has 6 atom stereocenters. The van der Waals surface area contributed by atoms with E-state index in [-0.39, 0.29) is 6.29 Å². The molecule has 0 N–H and O–H groups in total. The molecule has 0 spiro atoms. The number of unbranched alkanes of at least 4 members (excludes halogenated alkanes) is 2. The molecular formula is C29H46O3. The topological polar surface area (TPSA) is 27.7 Å². The Morgan fingerprint density at radius 1 is 0.938 bits per heavy atom. The summed E-state index contributed by atoms with van der Waals surface area (Å²) in [6.45, 7) is 10.9. The fourth-order valence-electron chi connectivity index (χ4n) is 8.46. The molecule has 1 unspecified atom stereocenters. The number of rotatable bonds is 8. The second-order valence-corrected chi connectivity index (χ2v) is 11.8. The number of hydrogen-bond acceptors (Lipinski definition) is 3. The average molecular weight is 443 g/mol. The second-order valence-electron chi connectivity index (χ2n) is 11.8. The van der Waals surface area contributed by atoms with Crippen molar-refractivity contribution in [3.63, 3.8) is 0 Å². The van der Waals surface area contributed by atoms with Crippen LogP contribution in [0.4, 0.5) is 0 Å². The molecule has 3 saturated carbocycles. The number of allylic oxidation sites excluding steroid dienone is 3. The first-order valence-electron chi connectivity index (χ1n) is 13.8. The normalized spacial score (nSPS) is 41.6. The van der Waals surface area contributed by atoms with Crippen LogP contribution >= 0.6 is 0 Å². The van der Waals surface area contributed by atoms with E-state index in [0.29, 0.717) is 16.7 Å². The van der Waals surface area contributed by atoms with Crippen LogP contribution in [0, 0.1) is 34.5 Å². The lowest BCUT2D eigenvalue weighted by Crippen LogP contribution is -2.47. The Morgan fingerprint density at radius 3 is 2.59 bits per heavy atom. The summed E-state index contributed by atoms with van der Waals surface area (Å²) in [5, 5.41) is 0. The predicted octanol–water partition coefficient (Wildman–Crippen LogP) is 7.07. The molecule has 0 aromatic heterocycles. The molecule has 0 aromatic rings. The van der Waals surface area contributed by atoms with Crippen molar-refractivity contribution >= 4 is 0 Å². The van der Waals surface area contributed by atoms with Crippen LogP contribution in [-0.2, 0) is 14.2 Å². The van der Waals surface area contributed by atoms with Crippen LogP contribution in [0.3, 0.4) is 0 Å². The zero-order chi connectivity index (χ0) is 22.2. The Balaban J connectivity index is 1.30. The molecule has 4 aliphatic carbocycles. The van der Waals surface area contributed by atoms with E-state index in [1.165, 1.54) is 70.6 Å². The van der Waals surface area contributed by atoms with Crippen LogP contribution in [0.2, 0.25) is 0 Å². The smallest absolute Gasteiger partial charge is 0.164 e. The van der Waals surface area contributed by atoms with Gasteiger partial charge >= 0.3 is 0 Å². The van der Waals surface area contributed by atoms with Crippen LogP contribution in [0.15, 0.2) is 23.3 Å². The van der Waals surface area contributed by atoms with Crippen LogP contribution in [-0.4, -0.2) is 32.7 Å². The number of fused-ring (bicyclic) bond motifs is 5. The molecule has 1 heterocycles. The molecular weight excluding hydrogens is 396 g/mol. The molecule has 0 amide bonds. The fraction of sp³-hybridized carbons (Fsp3) is 0.862. The van der Waals surface area contributed by atoms with Gasteiger partial charge in [-0.05, 0) is 80.0 Å². The molecule has 32 heavy (non-hydrogen) atoms. The maximum Gasteiger partial charge on any atom is 0.164 e. The minimum Gasteiger partial charge on any atom is -0.381 e. The van der Waals surface area contributed by atoms with Gasteiger partial charge in [0.1, 0.15) is 0 Å². The van der Waals surface area contributed by atoms with Crippen LogP contribution < -0.4 is 0 Å². The van der Waals surface area contributed by atoms with E-state index in [0.717, 1.165) is 44.2 Å². The van der Waals surface area contributed by atoms with Crippen molar-refractivity contribution in [3.05, 3.63) is 23.3 Å². The van der Waals surface area contributed by atoms with E-state index in [1.54, 1.807) is 11.1 Å². The lowest BCUT2D eigenvalue weighted by atomic mass is 9.49. The minimum absolute atomic E-state index is 0.00197. The van der Waals surface area contributed by atoms with Crippen molar-refractivity contribution in [1.82, 2.24) is 0 Å². The largest absolute Gasteiger partial charge is 0.381 e. The Hall–Kier alpha value is -0.640. The van der Waals surface area contributed by atoms with Gasteiger partial charge in [0.05, 0.1) is 13.2 Å². The van der Waals surface area contributed by atoms with Crippen molar-refractivity contribution in [2.45, 2.75) is 97.7 Å². The summed E-state index contributed by atoms with van der Waals surface area (Å²) in [4.78, 5) is 0. The van der Waals surface area contributed by atoms with E-state index >= 15 is 0 Å². The first-order chi connectivity index (χ1) is 15.6. The van der Waals surface area contributed by atoms with Gasteiger partial charge in [-0.25, -0.2) is 0 Å². The maximum atomic E-state index is 6.03. The maximum absolute atomic E-state index is 6.03. The zero-order valence-corrected chi connectivity index (χ0v) is 20.9. The van der Waals surface area contributed by atoms with Gasteiger partial charge in [-0.2, -0.15) is 0 Å². The first kappa shape index (κ1) is 23.1. The summed E-state index contributed by atoms with van der Waals surface area (Å²) in [6, 6.07) is 0. The summed E-state index contributed by atoms with van der Waals surface area (Å²) >= 11 is 0. The SMILES string of the molecule is CCCCCOCC[C@H]1CC[C@H]2C3=CC=C4C(C5OCCO5)CCC[C@]4(C)[C@H]3CC[C@]12C. The molecule has 4 fully saturated rings. The van der Waals surface area contributed by atoms with Gasteiger partial charge in [0.15, 0.2) is 6.29 Å². The highest BCUT2D eigenvalue weighted by Gasteiger charge is 2.57. The van der Waals surface area contributed by atoms with Crippen LogP contribution in [0.5, 0.6) is 0 Å². The molecule has 0 bridgehead atoms. The van der Waals surface area contributed by atoms with Crippen molar-refractivity contribution in [2.24, 2.45) is 34.5 Å². The van der Waals surface area contributed by atoms with Crippen LogP contribution in [0.1, 0.15) is 91.4 Å². The lowest BCUT2D eigenvalue weighted by molar-refractivity contribution is -0.0891. The lowest BCUT2D eigenvalue weighted by Gasteiger charge is -2.56. The third kappa shape index (κ3) is 3.95. The third-order valence-corrected chi connectivity index (χ3v) is 10.3. The summed E-state index contributed by atoms with van der Waals surface area (Å²) in [6.07, 6.45) is 19.6. The van der Waals surface area contributed by atoms with E-state index in [1.807, 2.05) is 0 Å². The van der Waals surface area contributed by atoms with Gasteiger partial charge in [0.2, 0.25) is 0 Å². The second kappa shape index (κ2) is 9.55. The van der Waals surface area contributed by atoms with Gasteiger partial charge in [0.25, 0.3) is 0 Å². The van der Waals surface area contributed by atoms with Crippen LogP contribution in [0.25, 0.3) is 0 Å². The van der Waals surface area contributed by atoms with E-state index in [2.05, 4.69) is 32.9 Å². The highest BCUT2D eigenvalue weighted by atomic mass is 16.7. The van der Waals surface area contributed by atoms with Gasteiger partial charge < -0.3 is 14.2 Å². The molecule has 3 nitrogen and oxygen atoms in total. The fourth-order valence-corrected chi connectivity index (χ4v) is 8.46. The number of hydrogen-bond donors (Lipinski definition) is 0. The van der Waals surface area contributed by atoms with E-state index < -0.39 is 0 Å². The summed E-state index contributed by atoms with van der Waals surface area (Å²) in [5.74, 6) is 2.80. The third-order valence-electron chi connectivity index (χ3n) is 10.3. The van der Waals surface area contributed by atoms with Crippen molar-refractivity contribution in [1.29, 1.82) is 0 Å². The van der Waals surface area contributed by atoms with Gasteiger partial charge in [-0.1, -0.05) is 63.3 Å². The van der Waals surface area contributed by atoms with Crippen molar-refractivity contribution < 1.29 is 14.2 Å². The first-order valence-corrected chi connectivity index (χ1v) is 13.8. The molecule has 5 aliphatic rings. The van der Waals surface area contributed by atoms with E-state index in [4.69, 9.17) is 14.2 Å². The number of ether oxygens (including phenoxy) is 3. The highest BCUT2D eigenvalue weighted by Crippen LogP contribution is 2.66. The Kier molecular flexibility index (Phi) is 6.90. The summed E-state index contributed by atoms with van der Waals surface area (Å²) in [5.41, 5.74) is 4.22. The standard InChI is InChI=1S/C29H46O3/c1-4-5-6-17-30-18-14-21-9-11-24-22-10-12-25-23(27-31-19-20-32-27)8-7-15-29(25,3)26(22)13-16-28(21,24)2/h10,12,21,23-24,26-27H,4-9,11,13-20H2,1-3H3/t21-,23?,24+,26+,28-,29+/m1/s1. The minimum atomic E-state index is -0.00197. The van der Waals surface area contributed by atoms with Gasteiger partial charge in [-0.3, -0.25) is 0 Å². The summed E-state index contributed by atoms with van der Waals surface area (Å²) in [7, 11) is 0. The van der Waals surface area contributed by atoms with Gasteiger partial charge in [-0.15, -0.1) is 0 Å². The quantitative estimate of drug-likeness (QED) is 0.376. The molecule has 3 heteroatoms. The molecule has 1 saturated heterocycles. The molecule has 5 rings (SSSR count). The summed E-state index contributed by atoms with van der Waals surface area (Å²) < 4.78 is 18.0. The molecule has 1 aliphatic heterocycles. The predicted molar refractivity (Wildman–Crippen MR) is 129 cm³/mol. The van der Waals surface area contributed by atoms with E-state index in [9.17, 15) is 0 Å². The van der Waals surface area contributed by atoms with Crippen molar-refractivity contribution in [3.8, 4) is 0 Å².